The maximum Gasteiger partial charge on any atom is 0.312 e. The third-order valence-electron chi connectivity index (χ3n) is 3.75. The van der Waals surface area contributed by atoms with Crippen molar-refractivity contribution < 1.29 is 14.6 Å². The number of ether oxygens (including phenoxy) is 1. The summed E-state index contributed by atoms with van der Waals surface area (Å²) >= 11 is 0. The zero-order valence-electron chi connectivity index (χ0n) is 9.27. The molecule has 0 heterocycles. The molecular formula is C12H18O3. The van der Waals surface area contributed by atoms with Crippen LogP contribution < -0.4 is 0 Å². The summed E-state index contributed by atoms with van der Waals surface area (Å²) in [6, 6.07) is 0. The molecule has 0 spiro atoms. The number of aliphatic hydroxyl groups excluding tert-OH is 1. The molecule has 4 atom stereocenters. The van der Waals surface area contributed by atoms with E-state index in [1.165, 1.54) is 13.5 Å². The van der Waals surface area contributed by atoms with E-state index in [1.807, 2.05) is 13.0 Å². The summed E-state index contributed by atoms with van der Waals surface area (Å²) in [4.78, 5) is 11.3. The lowest BCUT2D eigenvalue weighted by atomic mass is 9.90. The molecule has 0 aromatic rings. The molecule has 84 valence electrons. The Morgan fingerprint density at radius 1 is 1.60 bits per heavy atom. The SMILES string of the molecule is COC(=O)C(C)/C=C1/C2CCC(C2)C1O. The van der Waals surface area contributed by atoms with Crippen molar-refractivity contribution in [2.75, 3.05) is 7.11 Å². The van der Waals surface area contributed by atoms with Crippen LogP contribution in [-0.4, -0.2) is 24.3 Å². The molecule has 2 bridgehead atoms. The second-order valence-corrected chi connectivity index (χ2v) is 4.69. The maximum atomic E-state index is 11.3. The number of fused-ring (bicyclic) bond motifs is 2. The molecule has 4 unspecified atom stereocenters. The molecule has 0 aromatic carbocycles. The van der Waals surface area contributed by atoms with Crippen LogP contribution >= 0.6 is 0 Å². The van der Waals surface area contributed by atoms with Crippen LogP contribution in [0.15, 0.2) is 11.6 Å². The molecule has 0 aliphatic heterocycles. The highest BCUT2D eigenvalue weighted by Gasteiger charge is 2.42. The fourth-order valence-corrected chi connectivity index (χ4v) is 2.90. The van der Waals surface area contributed by atoms with E-state index in [0.29, 0.717) is 11.8 Å². The normalized spacial score (nSPS) is 38.3. The zero-order chi connectivity index (χ0) is 11.0. The molecule has 0 radical (unpaired) electrons. The first-order valence-electron chi connectivity index (χ1n) is 5.61. The fraction of sp³-hybridized carbons (Fsp3) is 0.750. The van der Waals surface area contributed by atoms with E-state index < -0.39 is 0 Å². The monoisotopic (exact) mass is 210 g/mol. The van der Waals surface area contributed by atoms with Crippen LogP contribution in [0, 0.1) is 17.8 Å². The third kappa shape index (κ3) is 1.81. The average molecular weight is 210 g/mol. The first-order valence-corrected chi connectivity index (χ1v) is 5.61. The number of carbonyl (C=O) groups is 1. The van der Waals surface area contributed by atoms with Crippen LogP contribution in [0.5, 0.6) is 0 Å². The summed E-state index contributed by atoms with van der Waals surface area (Å²) in [5, 5.41) is 9.96. The van der Waals surface area contributed by atoms with E-state index in [2.05, 4.69) is 4.74 Å². The number of hydrogen-bond donors (Lipinski definition) is 1. The fourth-order valence-electron chi connectivity index (χ4n) is 2.90. The molecule has 2 aliphatic rings. The van der Waals surface area contributed by atoms with Crippen molar-refractivity contribution in [3.05, 3.63) is 11.6 Å². The van der Waals surface area contributed by atoms with Gasteiger partial charge in [0.15, 0.2) is 0 Å². The molecule has 3 heteroatoms. The first-order chi connectivity index (χ1) is 7.13. The van der Waals surface area contributed by atoms with Gasteiger partial charge in [0, 0.05) is 0 Å². The Morgan fingerprint density at radius 2 is 2.33 bits per heavy atom. The Labute approximate surface area is 90.1 Å². The van der Waals surface area contributed by atoms with E-state index in [4.69, 9.17) is 0 Å². The van der Waals surface area contributed by atoms with Crippen molar-refractivity contribution in [1.29, 1.82) is 0 Å². The van der Waals surface area contributed by atoms with Crippen molar-refractivity contribution in [3.63, 3.8) is 0 Å². The van der Waals surface area contributed by atoms with E-state index >= 15 is 0 Å². The molecule has 15 heavy (non-hydrogen) atoms. The molecule has 2 saturated carbocycles. The Hall–Kier alpha value is -0.830. The summed E-state index contributed by atoms with van der Waals surface area (Å²) in [5.74, 6) is 0.486. The Kier molecular flexibility index (Phi) is 2.83. The molecule has 0 amide bonds. The topological polar surface area (TPSA) is 46.5 Å². The predicted octanol–water partition coefficient (Wildman–Crippen LogP) is 1.51. The van der Waals surface area contributed by atoms with Crippen molar-refractivity contribution in [1.82, 2.24) is 0 Å². The van der Waals surface area contributed by atoms with E-state index in [1.54, 1.807) is 0 Å². The summed E-state index contributed by atoms with van der Waals surface area (Å²) in [6.45, 7) is 1.82. The molecule has 2 aliphatic carbocycles. The molecule has 0 saturated heterocycles. The van der Waals surface area contributed by atoms with Crippen LogP contribution in [0.1, 0.15) is 26.2 Å². The number of hydrogen-bond acceptors (Lipinski definition) is 3. The van der Waals surface area contributed by atoms with Gasteiger partial charge in [0.05, 0.1) is 19.1 Å². The summed E-state index contributed by atoms with van der Waals surface area (Å²) in [6.07, 6.45) is 4.99. The van der Waals surface area contributed by atoms with Gasteiger partial charge in [-0.3, -0.25) is 4.79 Å². The summed E-state index contributed by atoms with van der Waals surface area (Å²) < 4.78 is 4.67. The van der Waals surface area contributed by atoms with Crippen LogP contribution in [0.25, 0.3) is 0 Å². The molecule has 1 N–H and O–H groups in total. The van der Waals surface area contributed by atoms with Gasteiger partial charge in [-0.1, -0.05) is 6.08 Å². The lowest BCUT2D eigenvalue weighted by Gasteiger charge is -2.21. The van der Waals surface area contributed by atoms with Crippen molar-refractivity contribution in [3.8, 4) is 0 Å². The van der Waals surface area contributed by atoms with E-state index in [0.717, 1.165) is 18.4 Å². The largest absolute Gasteiger partial charge is 0.469 e. The smallest absolute Gasteiger partial charge is 0.312 e. The minimum atomic E-state index is -0.309. The molecule has 2 rings (SSSR count). The Balaban J connectivity index is 2.10. The van der Waals surface area contributed by atoms with Gasteiger partial charge in [0.1, 0.15) is 0 Å². The quantitative estimate of drug-likeness (QED) is 0.555. The highest BCUT2D eigenvalue weighted by atomic mass is 16.5. The second-order valence-electron chi connectivity index (χ2n) is 4.69. The van der Waals surface area contributed by atoms with Crippen molar-refractivity contribution >= 4 is 5.97 Å². The van der Waals surface area contributed by atoms with Gasteiger partial charge in [-0.15, -0.1) is 0 Å². The van der Waals surface area contributed by atoms with Crippen LogP contribution in [0.3, 0.4) is 0 Å². The molecule has 0 aromatic heterocycles. The number of methoxy groups -OCH3 is 1. The van der Waals surface area contributed by atoms with Gasteiger partial charge in [0.25, 0.3) is 0 Å². The van der Waals surface area contributed by atoms with Gasteiger partial charge < -0.3 is 9.84 Å². The van der Waals surface area contributed by atoms with E-state index in [9.17, 15) is 9.90 Å². The van der Waals surface area contributed by atoms with Crippen LogP contribution in [-0.2, 0) is 9.53 Å². The third-order valence-corrected chi connectivity index (χ3v) is 3.75. The van der Waals surface area contributed by atoms with Gasteiger partial charge >= 0.3 is 5.97 Å². The first kappa shape index (κ1) is 10.7. The summed E-state index contributed by atoms with van der Waals surface area (Å²) in [5.41, 5.74) is 1.07. The van der Waals surface area contributed by atoms with Gasteiger partial charge in [-0.05, 0) is 43.6 Å². The number of rotatable bonds is 2. The Morgan fingerprint density at radius 3 is 2.87 bits per heavy atom. The minimum Gasteiger partial charge on any atom is -0.469 e. The lowest BCUT2D eigenvalue weighted by Crippen LogP contribution is -2.21. The average Bonchev–Trinajstić information content (AvgIpc) is 2.80. The lowest BCUT2D eigenvalue weighted by molar-refractivity contribution is -0.143. The highest BCUT2D eigenvalue weighted by Crippen LogP contribution is 2.48. The second kappa shape index (κ2) is 3.97. The van der Waals surface area contributed by atoms with Crippen molar-refractivity contribution in [2.45, 2.75) is 32.3 Å². The zero-order valence-corrected chi connectivity index (χ0v) is 9.27. The Bertz CT molecular complexity index is 291. The maximum absolute atomic E-state index is 11.3. The van der Waals surface area contributed by atoms with E-state index in [-0.39, 0.29) is 18.0 Å². The number of carbonyl (C=O) groups excluding carboxylic acids is 1. The molecule has 3 nitrogen and oxygen atoms in total. The number of esters is 1. The summed E-state index contributed by atoms with van der Waals surface area (Å²) in [7, 11) is 1.40. The van der Waals surface area contributed by atoms with Crippen LogP contribution in [0.2, 0.25) is 0 Å². The van der Waals surface area contributed by atoms with Gasteiger partial charge in [-0.2, -0.15) is 0 Å². The van der Waals surface area contributed by atoms with Gasteiger partial charge in [-0.25, -0.2) is 0 Å². The van der Waals surface area contributed by atoms with Crippen LogP contribution in [0.4, 0.5) is 0 Å². The molecular weight excluding hydrogens is 192 g/mol. The minimum absolute atomic E-state index is 0.225. The van der Waals surface area contributed by atoms with Crippen molar-refractivity contribution in [2.24, 2.45) is 17.8 Å². The van der Waals surface area contributed by atoms with Gasteiger partial charge in [0.2, 0.25) is 0 Å². The number of aliphatic hydroxyl groups is 1. The standard InChI is InChI=1S/C12H18O3/c1-7(12(14)15-2)5-10-8-3-4-9(6-8)11(10)13/h5,7-9,11,13H,3-4,6H2,1-2H3/b10-5-. The molecule has 2 fully saturated rings. The highest BCUT2D eigenvalue weighted by molar-refractivity contribution is 5.74. The predicted molar refractivity (Wildman–Crippen MR) is 56.1 cm³/mol.